The van der Waals surface area contributed by atoms with Crippen molar-refractivity contribution < 1.29 is 145 Å². The van der Waals surface area contributed by atoms with Crippen LogP contribution >= 0.6 is 34.8 Å². The highest BCUT2D eigenvalue weighted by atomic mass is 35.6. The average Bonchev–Trinajstić information content (AvgIpc) is 0.752. The number of halogens is 3. The molecule has 0 saturated carbocycles. The molecule has 4 aliphatic heterocycles. The Bertz CT molecular complexity index is 5750. The Labute approximate surface area is 867 Å². The molecule has 8 aromatic carbocycles. The zero-order chi connectivity index (χ0) is 105. The molecule has 0 spiro atoms. The lowest BCUT2D eigenvalue weighted by atomic mass is 9.94. The third-order valence-corrected chi connectivity index (χ3v) is 30.1. The Balaban J connectivity index is 1.02. The Morgan fingerprint density at radius 2 is 0.748 bits per heavy atom. The fraction of sp³-hybridized carbons (Fsp3) is 0.462. The predicted octanol–water partition coefficient (Wildman–Crippen LogP) is 16.9. The van der Waals surface area contributed by atoms with Crippen molar-refractivity contribution in [2.24, 2.45) is 10.2 Å². The lowest BCUT2D eigenvalue weighted by Gasteiger charge is -2.52. The standard InChI is InChI=1S/C104H120Cl3N7O31SSi/c1-67(115)50-52-82(118)127-63-78-87(92(131-59-73-40-23-12-24-41-73)94(140-96(120)76-46-29-15-30-47-76)100(138-78)125-55-33-54-114(56-70-34-17-9-18-35-70)102(122)133-61-75-44-27-14-28-45-75)142-98-84(110-112-108)90(129-57-71-36-19-10-20-37-71)86(81(137-98)65-134-146(123,124)135-66-104(105,106)107)144-101-95(141-97(121)77-48-31-16-32-49-77)93(132-60-74-42-25-13-26-43-74)88(79(139-101)64-128-83(119)53-51-68(2)116)143-99-85(111-113-109)91(130-58-72-38-21-11-22-39-72)89(80(136-99)62-126-69(3)117)145-147(7,8)103(4,5)6/h9-32,34-49,78-81,84-95,98-101H,33,50-66H2,1-8H3/t78-,79-,80-,81-,84-,85-,86-,87-,88-,89-,90-,91-,92+,93+,94-,95-,98-,99-,100-,101+/m1/s1. The molecule has 20 atom stereocenters. The molecule has 8 aromatic rings. The summed E-state index contributed by atoms with van der Waals surface area (Å²) in [5.41, 5.74) is 25.7. The van der Waals surface area contributed by atoms with Gasteiger partial charge in [-0.2, -0.15) is 8.42 Å². The van der Waals surface area contributed by atoms with Gasteiger partial charge in [-0.25, -0.2) is 22.7 Å². The number of hydrogen-bond acceptors (Lipinski definition) is 33. The van der Waals surface area contributed by atoms with Gasteiger partial charge in [0.2, 0.25) is 3.79 Å². The topological polar surface area (TPSA) is 465 Å². The van der Waals surface area contributed by atoms with Crippen LogP contribution in [0.25, 0.3) is 20.9 Å². The maximum atomic E-state index is 15.6. The van der Waals surface area contributed by atoms with Gasteiger partial charge in [0.05, 0.1) is 69.7 Å². The van der Waals surface area contributed by atoms with Crippen LogP contribution in [0.1, 0.15) is 128 Å². The number of ether oxygens (including phenoxy) is 18. The van der Waals surface area contributed by atoms with E-state index in [2.05, 4.69) is 20.1 Å². The van der Waals surface area contributed by atoms with Gasteiger partial charge in [-0.05, 0) is 107 Å². The van der Waals surface area contributed by atoms with Crippen LogP contribution < -0.4 is 0 Å². The molecule has 4 fully saturated rings. The van der Waals surface area contributed by atoms with Crippen LogP contribution in [0.3, 0.4) is 0 Å². The molecule has 0 radical (unpaired) electrons. The number of hydrogen-bond donors (Lipinski definition) is 0. The van der Waals surface area contributed by atoms with Crippen molar-refractivity contribution in [1.29, 1.82) is 0 Å². The Kier molecular flexibility index (Phi) is 43.9. The Morgan fingerprint density at radius 3 is 1.15 bits per heavy atom. The molecule has 147 heavy (non-hydrogen) atoms. The summed E-state index contributed by atoms with van der Waals surface area (Å²) in [6.07, 6.45) is -35.3. The molecule has 0 aliphatic carbocycles. The molecule has 788 valence electrons. The summed E-state index contributed by atoms with van der Waals surface area (Å²) in [5, 5.41) is 8.20. The summed E-state index contributed by atoms with van der Waals surface area (Å²) in [4.78, 5) is 120. The van der Waals surface area contributed by atoms with E-state index >= 15 is 9.59 Å². The number of nitrogens with zero attached hydrogens (tertiary/aromatic N) is 7. The highest BCUT2D eigenvalue weighted by Gasteiger charge is 2.61. The second-order valence-corrected chi connectivity index (χ2v) is 45.1. The quantitative estimate of drug-likeness (QED) is 0.00499. The van der Waals surface area contributed by atoms with Gasteiger partial charge in [0.15, 0.2) is 45.7 Å². The van der Waals surface area contributed by atoms with Gasteiger partial charge in [0.25, 0.3) is 0 Å². The Hall–Kier alpha value is -11.2. The molecule has 38 nitrogen and oxygen atoms in total. The summed E-state index contributed by atoms with van der Waals surface area (Å²) >= 11 is 18.4. The molecule has 0 aromatic heterocycles. The monoisotopic (exact) mass is 2130 g/mol. The van der Waals surface area contributed by atoms with E-state index in [1.807, 2.05) is 94.5 Å². The van der Waals surface area contributed by atoms with Crippen molar-refractivity contribution in [2.75, 3.05) is 46.2 Å². The third kappa shape index (κ3) is 35.5. The first-order chi connectivity index (χ1) is 70.6. The summed E-state index contributed by atoms with van der Waals surface area (Å²) in [6, 6.07) is 64.4. The van der Waals surface area contributed by atoms with Crippen molar-refractivity contribution in [2.45, 2.75) is 258 Å². The number of rotatable bonds is 52. The zero-order valence-corrected chi connectivity index (χ0v) is 86.3. The minimum Gasteiger partial charge on any atom is -0.463 e. The summed E-state index contributed by atoms with van der Waals surface area (Å²) in [6.45, 7) is 7.28. The average molecular weight is 2130 g/mol. The second kappa shape index (κ2) is 56.4. The zero-order valence-electron chi connectivity index (χ0n) is 82.2. The smallest absolute Gasteiger partial charge is 0.410 e. The van der Waals surface area contributed by atoms with Crippen molar-refractivity contribution in [3.05, 3.63) is 308 Å². The summed E-state index contributed by atoms with van der Waals surface area (Å²) in [5.74, 6) is -5.47. The van der Waals surface area contributed by atoms with Crippen molar-refractivity contribution >= 4 is 101 Å². The third-order valence-electron chi connectivity index (χ3n) is 24.4. The van der Waals surface area contributed by atoms with Gasteiger partial charge in [0, 0.05) is 42.7 Å². The van der Waals surface area contributed by atoms with Crippen molar-refractivity contribution in [3.63, 3.8) is 0 Å². The molecule has 4 saturated heterocycles. The Morgan fingerprint density at radius 1 is 0.401 bits per heavy atom. The number of Topliss-reactive ketones (excluding diaryl/α,β-unsaturated/α-hetero) is 2. The van der Waals surface area contributed by atoms with E-state index in [0.717, 1.165) is 11.1 Å². The first-order valence-corrected chi connectivity index (χ1v) is 53.1. The van der Waals surface area contributed by atoms with Gasteiger partial charge >= 0.3 is 46.3 Å². The van der Waals surface area contributed by atoms with Crippen LogP contribution in [0.15, 0.2) is 253 Å². The van der Waals surface area contributed by atoms with Gasteiger partial charge in [-0.1, -0.05) is 284 Å². The number of carbonyl (C=O) groups excluding carboxylic acids is 8. The van der Waals surface area contributed by atoms with Crippen LogP contribution in [0.2, 0.25) is 18.1 Å². The lowest BCUT2D eigenvalue weighted by molar-refractivity contribution is -0.380. The molecule has 12 rings (SSSR count). The van der Waals surface area contributed by atoms with E-state index < -0.39 is 251 Å². The molecule has 0 N–H and O–H groups in total. The first-order valence-electron chi connectivity index (χ1n) is 47.7. The van der Waals surface area contributed by atoms with Crippen LogP contribution in [-0.4, -0.2) is 242 Å². The van der Waals surface area contributed by atoms with Gasteiger partial charge in [0.1, 0.15) is 124 Å². The van der Waals surface area contributed by atoms with Crippen LogP contribution in [0.5, 0.6) is 0 Å². The molecule has 4 aliphatic rings. The fourth-order valence-corrected chi connectivity index (χ4v) is 18.4. The normalized spacial score (nSPS) is 24.2. The molecule has 0 bridgehead atoms. The highest BCUT2D eigenvalue weighted by molar-refractivity contribution is 7.81. The maximum Gasteiger partial charge on any atom is 0.410 e. The number of esters is 5. The van der Waals surface area contributed by atoms with E-state index in [-0.39, 0.29) is 75.7 Å². The van der Waals surface area contributed by atoms with Crippen LogP contribution in [0, 0.1) is 0 Å². The SMILES string of the molecule is CC(=O)CCC(=O)OC[C@H]1O[C@@H](OCCCN(Cc2ccccc2)C(=O)OCc2ccccc2)[C@H](OC(=O)c2ccccc2)[C@@H](OCc2ccccc2)[C@@H]1O[C@H]1O[C@H](COS(=O)(=O)OCC(Cl)(Cl)Cl)[C@@H](O[C@@H]2O[C@H](COC(=O)CCC(C)=O)[C@@H](O[C@H]3O[C@H](COC(C)=O)[C@@H](O[Si](C)(C)C(C)(C)C)[C@H](OCc4ccccc4)[C@H]3N=[N+]=[N-])[C@H](OCc3ccccc3)[C@H]2OC(=O)c2ccccc2)[C@H](OCc2ccccc2)[C@H]1N=[N+]=[N-]. The number of azide groups is 2. The van der Waals surface area contributed by atoms with Gasteiger partial charge in [-0.15, -0.1) is 0 Å². The highest BCUT2D eigenvalue weighted by Crippen LogP contribution is 2.45. The van der Waals surface area contributed by atoms with Crippen LogP contribution in [-0.2, 0) is 172 Å². The number of carbonyl (C=O) groups is 8. The minimum atomic E-state index is -5.44. The summed E-state index contributed by atoms with van der Waals surface area (Å²) in [7, 11) is -8.45. The number of alkyl halides is 3. The lowest BCUT2D eigenvalue weighted by Crippen LogP contribution is -2.69. The molecule has 4 heterocycles. The first kappa shape index (κ1) is 114. The second-order valence-electron chi connectivity index (χ2n) is 36.5. The molecule has 0 unspecified atom stereocenters. The van der Waals surface area contributed by atoms with E-state index in [0.29, 0.717) is 22.3 Å². The number of ketones is 2. The van der Waals surface area contributed by atoms with E-state index in [4.69, 9.17) is 133 Å². The molecular formula is C104H120Cl3N7O31SSi. The number of amides is 1. The fourth-order valence-electron chi connectivity index (χ4n) is 16.0. The predicted molar refractivity (Wildman–Crippen MR) is 532 cm³/mol. The van der Waals surface area contributed by atoms with Crippen molar-refractivity contribution in [3.8, 4) is 0 Å². The van der Waals surface area contributed by atoms with E-state index in [9.17, 15) is 48.2 Å². The van der Waals surface area contributed by atoms with Gasteiger partial charge < -0.3 is 104 Å². The van der Waals surface area contributed by atoms with Gasteiger partial charge in [-0.3, -0.25) is 14.4 Å². The van der Waals surface area contributed by atoms with Crippen molar-refractivity contribution in [1.82, 2.24) is 4.90 Å². The molecule has 43 heteroatoms. The summed E-state index contributed by atoms with van der Waals surface area (Å²) < 4.78 is 167. The molecule has 1 amide bonds. The van der Waals surface area contributed by atoms with Crippen LogP contribution in [0.4, 0.5) is 4.79 Å². The maximum absolute atomic E-state index is 15.6. The van der Waals surface area contributed by atoms with E-state index in [1.165, 1.54) is 49.9 Å². The van der Waals surface area contributed by atoms with E-state index in [1.54, 1.807) is 158 Å². The minimum absolute atomic E-state index is 0.00734. The largest absolute Gasteiger partial charge is 0.463 e. The molecular weight excluding hydrogens is 2010 g/mol. The number of benzene rings is 8.